The number of hydrogen-bond acceptors (Lipinski definition) is 1. The first-order valence-electron chi connectivity index (χ1n) is 12.1. The molecule has 1 aromatic rings. The lowest BCUT2D eigenvalue weighted by Crippen LogP contribution is -2.17. The molecule has 1 aromatic carbocycles. The quantitative estimate of drug-likeness (QED) is 0.361. The van der Waals surface area contributed by atoms with Crippen molar-refractivity contribution in [3.63, 3.8) is 0 Å². The Kier molecular flexibility index (Phi) is 10.2. The van der Waals surface area contributed by atoms with Gasteiger partial charge in [0.2, 0.25) is 0 Å². The molecule has 2 unspecified atom stereocenters. The van der Waals surface area contributed by atoms with Gasteiger partial charge in [0.1, 0.15) is 0 Å². The van der Waals surface area contributed by atoms with Crippen molar-refractivity contribution in [1.82, 2.24) is 5.32 Å². The van der Waals surface area contributed by atoms with E-state index in [4.69, 9.17) is 0 Å². The lowest BCUT2D eigenvalue weighted by atomic mass is 9.80. The van der Waals surface area contributed by atoms with Gasteiger partial charge < -0.3 is 5.32 Å². The van der Waals surface area contributed by atoms with Gasteiger partial charge in [-0.05, 0) is 73.1 Å². The van der Waals surface area contributed by atoms with E-state index in [1.54, 1.807) is 0 Å². The van der Waals surface area contributed by atoms with E-state index < -0.39 is 0 Å². The number of rotatable bonds is 12. The molecule has 0 bridgehead atoms. The van der Waals surface area contributed by atoms with Crippen molar-refractivity contribution in [2.75, 3.05) is 6.54 Å². The summed E-state index contributed by atoms with van der Waals surface area (Å²) in [6.45, 7) is 14.7. The van der Waals surface area contributed by atoms with Crippen LogP contribution in [-0.2, 0) is 6.42 Å². The van der Waals surface area contributed by atoms with Crippen LogP contribution in [0, 0.1) is 24.7 Å². The molecule has 1 heteroatoms. The molecule has 0 aliphatic heterocycles. The van der Waals surface area contributed by atoms with E-state index >= 15 is 0 Å². The Hall–Kier alpha value is -1.24. The molecule has 0 radical (unpaired) electrons. The largest absolute Gasteiger partial charge is 0.385 e. The summed E-state index contributed by atoms with van der Waals surface area (Å²) in [5.41, 5.74) is 5.30. The highest BCUT2D eigenvalue weighted by Gasteiger charge is 2.18. The highest BCUT2D eigenvalue weighted by Crippen LogP contribution is 2.31. The van der Waals surface area contributed by atoms with Gasteiger partial charge in [0, 0.05) is 12.2 Å². The molecular weight excluding hydrogens is 338 g/mol. The molecule has 1 N–H and O–H groups in total. The maximum Gasteiger partial charge on any atom is 0.0340 e. The molecule has 1 aliphatic carbocycles. The molecule has 0 saturated heterocycles. The molecule has 2 rings (SSSR count). The van der Waals surface area contributed by atoms with E-state index in [0.29, 0.717) is 0 Å². The highest BCUT2D eigenvalue weighted by molar-refractivity contribution is 5.62. The maximum atomic E-state index is 4.30. The molecule has 1 fully saturated rings. The number of hydrogen-bond donors (Lipinski definition) is 1. The SMILES string of the molecule is C=C(NCCCC1CCCC(C)C1)c1ccc(CC(CCC)CCC)c(C)c1. The fraction of sp³-hybridized carbons (Fsp3) is 0.704. The average Bonchev–Trinajstić information content (AvgIpc) is 2.67. The second-order valence-corrected chi connectivity index (χ2v) is 9.47. The Balaban J connectivity index is 1.79. The van der Waals surface area contributed by atoms with Crippen LogP contribution in [0.3, 0.4) is 0 Å². The van der Waals surface area contributed by atoms with Gasteiger partial charge >= 0.3 is 0 Å². The van der Waals surface area contributed by atoms with E-state index in [1.807, 2.05) is 0 Å². The minimum atomic E-state index is 0.836. The Labute approximate surface area is 175 Å². The van der Waals surface area contributed by atoms with Crippen LogP contribution < -0.4 is 5.32 Å². The molecule has 28 heavy (non-hydrogen) atoms. The summed E-state index contributed by atoms with van der Waals surface area (Å²) < 4.78 is 0. The Morgan fingerprint density at radius 3 is 2.57 bits per heavy atom. The highest BCUT2D eigenvalue weighted by atomic mass is 14.9. The standard InChI is InChI=1S/C27H45N/c1-6-10-24(11-7-2)20-26-15-16-27(19-22(26)4)23(5)28-17-9-14-25-13-8-12-21(3)18-25/h15-16,19,21,24-25,28H,5-14,17-18,20H2,1-4H3. The van der Waals surface area contributed by atoms with E-state index in [2.05, 4.69) is 57.8 Å². The summed E-state index contributed by atoms with van der Waals surface area (Å²) >= 11 is 0. The zero-order valence-corrected chi connectivity index (χ0v) is 19.2. The maximum absolute atomic E-state index is 4.30. The summed E-state index contributed by atoms with van der Waals surface area (Å²) in [5.74, 6) is 2.74. The molecule has 158 valence electrons. The number of benzene rings is 1. The van der Waals surface area contributed by atoms with Crippen molar-refractivity contribution in [3.05, 3.63) is 41.5 Å². The van der Waals surface area contributed by atoms with Crippen LogP contribution in [0.2, 0.25) is 0 Å². The second kappa shape index (κ2) is 12.3. The van der Waals surface area contributed by atoms with Gasteiger partial charge in [0.15, 0.2) is 0 Å². The molecule has 1 saturated carbocycles. The van der Waals surface area contributed by atoms with Gasteiger partial charge in [0.25, 0.3) is 0 Å². The van der Waals surface area contributed by atoms with Gasteiger partial charge in [-0.3, -0.25) is 0 Å². The summed E-state index contributed by atoms with van der Waals surface area (Å²) in [6, 6.07) is 6.96. The monoisotopic (exact) mass is 383 g/mol. The average molecular weight is 384 g/mol. The van der Waals surface area contributed by atoms with Gasteiger partial charge in [-0.15, -0.1) is 0 Å². The van der Waals surface area contributed by atoms with Crippen LogP contribution in [0.4, 0.5) is 0 Å². The smallest absolute Gasteiger partial charge is 0.0340 e. The van der Waals surface area contributed by atoms with Gasteiger partial charge in [-0.25, -0.2) is 0 Å². The van der Waals surface area contributed by atoms with Crippen LogP contribution in [0.15, 0.2) is 24.8 Å². The third kappa shape index (κ3) is 7.64. The summed E-state index contributed by atoms with van der Waals surface area (Å²) in [6.07, 6.45) is 14.9. The number of aryl methyl sites for hydroxylation is 1. The Morgan fingerprint density at radius 2 is 1.93 bits per heavy atom. The first kappa shape index (κ1) is 23.0. The van der Waals surface area contributed by atoms with E-state index in [-0.39, 0.29) is 0 Å². The van der Waals surface area contributed by atoms with Gasteiger partial charge in [-0.2, -0.15) is 0 Å². The van der Waals surface area contributed by atoms with Crippen LogP contribution in [0.25, 0.3) is 5.70 Å². The molecule has 0 aromatic heterocycles. The lowest BCUT2D eigenvalue weighted by Gasteiger charge is -2.26. The van der Waals surface area contributed by atoms with Crippen molar-refractivity contribution in [1.29, 1.82) is 0 Å². The van der Waals surface area contributed by atoms with Crippen LogP contribution in [0.5, 0.6) is 0 Å². The Morgan fingerprint density at radius 1 is 1.18 bits per heavy atom. The summed E-state index contributed by atoms with van der Waals surface area (Å²) in [4.78, 5) is 0. The number of nitrogens with one attached hydrogen (secondary N) is 1. The van der Waals surface area contributed by atoms with E-state index in [1.165, 1.54) is 87.3 Å². The fourth-order valence-electron chi connectivity index (χ4n) is 5.14. The first-order chi connectivity index (χ1) is 13.5. The molecule has 0 spiro atoms. The molecule has 0 heterocycles. The molecule has 2 atom stereocenters. The summed E-state index contributed by atoms with van der Waals surface area (Å²) in [5, 5.41) is 3.58. The third-order valence-corrected chi connectivity index (χ3v) is 6.77. The zero-order valence-electron chi connectivity index (χ0n) is 19.2. The van der Waals surface area contributed by atoms with Gasteiger partial charge in [-0.1, -0.05) is 84.4 Å². The van der Waals surface area contributed by atoms with Crippen LogP contribution >= 0.6 is 0 Å². The predicted octanol–water partition coefficient (Wildman–Crippen LogP) is 7.92. The third-order valence-electron chi connectivity index (χ3n) is 6.77. The van der Waals surface area contributed by atoms with Gasteiger partial charge in [0.05, 0.1) is 0 Å². The molecule has 1 nitrogen and oxygen atoms in total. The second-order valence-electron chi connectivity index (χ2n) is 9.47. The van der Waals surface area contributed by atoms with Crippen molar-refractivity contribution in [2.24, 2.45) is 17.8 Å². The topological polar surface area (TPSA) is 12.0 Å². The first-order valence-corrected chi connectivity index (χ1v) is 12.1. The lowest BCUT2D eigenvalue weighted by molar-refractivity contribution is 0.266. The van der Waals surface area contributed by atoms with Crippen molar-refractivity contribution in [3.8, 4) is 0 Å². The minimum absolute atomic E-state index is 0.836. The Bertz CT molecular complexity index is 582. The minimum Gasteiger partial charge on any atom is -0.385 e. The molecular formula is C27H45N. The summed E-state index contributed by atoms with van der Waals surface area (Å²) in [7, 11) is 0. The van der Waals surface area contributed by atoms with Crippen molar-refractivity contribution >= 4 is 5.70 Å². The van der Waals surface area contributed by atoms with E-state index in [9.17, 15) is 0 Å². The van der Waals surface area contributed by atoms with Crippen LogP contribution in [0.1, 0.15) is 102 Å². The molecule has 0 amide bonds. The zero-order chi connectivity index (χ0) is 20.4. The fourth-order valence-corrected chi connectivity index (χ4v) is 5.14. The van der Waals surface area contributed by atoms with Crippen molar-refractivity contribution < 1.29 is 0 Å². The predicted molar refractivity (Wildman–Crippen MR) is 126 cm³/mol. The van der Waals surface area contributed by atoms with Crippen molar-refractivity contribution in [2.45, 2.75) is 98.3 Å². The normalized spacial score (nSPS) is 19.8. The van der Waals surface area contributed by atoms with E-state index in [0.717, 1.165) is 30.0 Å². The molecule has 1 aliphatic rings. The van der Waals surface area contributed by atoms with Crippen LogP contribution in [-0.4, -0.2) is 6.54 Å².